The Morgan fingerprint density at radius 3 is 2.75 bits per heavy atom. The van der Waals surface area contributed by atoms with Gasteiger partial charge in [-0.25, -0.2) is 0 Å². The molecule has 16 heavy (non-hydrogen) atoms. The molecule has 0 aromatic carbocycles. The third-order valence-corrected chi connectivity index (χ3v) is 2.76. The molecule has 92 valence electrons. The molecule has 0 aromatic heterocycles. The molecule has 0 amide bonds. The van der Waals surface area contributed by atoms with Gasteiger partial charge in [0.15, 0.2) is 0 Å². The van der Waals surface area contributed by atoms with Crippen molar-refractivity contribution >= 4 is 0 Å². The molecule has 2 aliphatic heterocycles. The summed E-state index contributed by atoms with van der Waals surface area (Å²) in [4.78, 5) is 0. The van der Waals surface area contributed by atoms with Crippen LogP contribution in [0.1, 0.15) is 20.3 Å². The summed E-state index contributed by atoms with van der Waals surface area (Å²) in [5.41, 5.74) is 0. The third kappa shape index (κ3) is 4.12. The Morgan fingerprint density at radius 2 is 2.19 bits per heavy atom. The van der Waals surface area contributed by atoms with Gasteiger partial charge in [-0.2, -0.15) is 0 Å². The van der Waals surface area contributed by atoms with Gasteiger partial charge in [-0.1, -0.05) is 6.92 Å². The molecular weight excluding hydrogens is 208 g/mol. The van der Waals surface area contributed by atoms with E-state index >= 15 is 0 Å². The Kier molecular flexibility index (Phi) is 4.21. The maximum absolute atomic E-state index is 5.61. The number of rotatable bonds is 8. The summed E-state index contributed by atoms with van der Waals surface area (Å²) in [6, 6.07) is 0. The van der Waals surface area contributed by atoms with Crippen molar-refractivity contribution in [2.24, 2.45) is 0 Å². The van der Waals surface area contributed by atoms with Crippen LogP contribution >= 0.6 is 0 Å². The summed E-state index contributed by atoms with van der Waals surface area (Å²) in [5, 5.41) is 0. The van der Waals surface area contributed by atoms with Crippen LogP contribution in [-0.4, -0.2) is 44.7 Å². The molecular formula is C12H20O4. The molecule has 0 aromatic rings. The Labute approximate surface area is 96.5 Å². The second-order valence-electron chi connectivity index (χ2n) is 4.20. The molecule has 0 saturated carbocycles. The quantitative estimate of drug-likeness (QED) is 0.466. The Bertz CT molecular complexity index is 243. The monoisotopic (exact) mass is 228 g/mol. The second kappa shape index (κ2) is 5.66. The van der Waals surface area contributed by atoms with E-state index in [9.17, 15) is 0 Å². The molecule has 0 N–H and O–H groups in total. The lowest BCUT2D eigenvalue weighted by Gasteiger charge is -2.10. The van der Waals surface area contributed by atoms with Gasteiger partial charge in [0.25, 0.3) is 0 Å². The number of allylic oxidation sites excluding steroid dienone is 1. The molecule has 2 heterocycles. The lowest BCUT2D eigenvalue weighted by atomic mass is 10.3. The minimum atomic E-state index is 0.182. The normalized spacial score (nSPS) is 30.0. The van der Waals surface area contributed by atoms with E-state index in [1.807, 2.05) is 13.0 Å². The van der Waals surface area contributed by atoms with Gasteiger partial charge in [-0.05, 0) is 13.0 Å². The average Bonchev–Trinajstić information content (AvgIpc) is 3.17. The SMILES string of the molecule is CC/C(=C\COC(C)C1CO1)OCC1CO1. The molecule has 2 fully saturated rings. The molecule has 2 aliphatic rings. The predicted octanol–water partition coefficient (Wildman–Crippen LogP) is 1.50. The molecule has 4 nitrogen and oxygen atoms in total. The molecule has 2 saturated heterocycles. The number of ether oxygens (including phenoxy) is 4. The summed E-state index contributed by atoms with van der Waals surface area (Å²) in [5.74, 6) is 0.986. The summed E-state index contributed by atoms with van der Waals surface area (Å²) < 4.78 is 21.4. The van der Waals surface area contributed by atoms with Crippen LogP contribution in [0, 0.1) is 0 Å². The van der Waals surface area contributed by atoms with Crippen LogP contribution in [0.2, 0.25) is 0 Å². The van der Waals surface area contributed by atoms with Gasteiger partial charge >= 0.3 is 0 Å². The van der Waals surface area contributed by atoms with Crippen molar-refractivity contribution in [3.05, 3.63) is 11.8 Å². The Morgan fingerprint density at radius 1 is 1.44 bits per heavy atom. The first kappa shape index (κ1) is 11.9. The van der Waals surface area contributed by atoms with Gasteiger partial charge in [0.1, 0.15) is 18.8 Å². The van der Waals surface area contributed by atoms with E-state index in [-0.39, 0.29) is 6.10 Å². The topological polar surface area (TPSA) is 43.5 Å². The fourth-order valence-corrected chi connectivity index (χ4v) is 1.40. The molecule has 3 unspecified atom stereocenters. The molecule has 4 heteroatoms. The highest BCUT2D eigenvalue weighted by molar-refractivity contribution is 4.93. The standard InChI is InChI=1S/C12H20O4/c1-3-10(14-6-11-7-15-11)4-5-13-9(2)12-8-16-12/h4,9,11-12H,3,5-8H2,1-2H3/b10-4+. The van der Waals surface area contributed by atoms with Crippen LogP contribution in [0.25, 0.3) is 0 Å². The van der Waals surface area contributed by atoms with Crippen molar-refractivity contribution in [3.63, 3.8) is 0 Å². The molecule has 2 rings (SSSR count). The van der Waals surface area contributed by atoms with Crippen LogP contribution in [0.3, 0.4) is 0 Å². The zero-order chi connectivity index (χ0) is 11.4. The predicted molar refractivity (Wildman–Crippen MR) is 59.2 cm³/mol. The van der Waals surface area contributed by atoms with Crippen molar-refractivity contribution in [2.75, 3.05) is 26.4 Å². The number of hydrogen-bond donors (Lipinski definition) is 0. The van der Waals surface area contributed by atoms with E-state index in [1.54, 1.807) is 0 Å². The first-order valence-electron chi connectivity index (χ1n) is 5.96. The van der Waals surface area contributed by atoms with Crippen LogP contribution in [-0.2, 0) is 18.9 Å². The Balaban J connectivity index is 1.61. The summed E-state index contributed by atoms with van der Waals surface area (Å²) in [6.07, 6.45) is 3.70. The van der Waals surface area contributed by atoms with Gasteiger partial charge in [0.2, 0.25) is 0 Å². The van der Waals surface area contributed by atoms with E-state index in [0.717, 1.165) is 25.4 Å². The molecule has 0 spiro atoms. The van der Waals surface area contributed by atoms with Crippen molar-refractivity contribution in [1.29, 1.82) is 0 Å². The van der Waals surface area contributed by atoms with Crippen LogP contribution in [0.5, 0.6) is 0 Å². The van der Waals surface area contributed by atoms with Gasteiger partial charge in [-0.15, -0.1) is 0 Å². The van der Waals surface area contributed by atoms with Crippen LogP contribution in [0.4, 0.5) is 0 Å². The summed E-state index contributed by atoms with van der Waals surface area (Å²) in [6.45, 7) is 7.05. The largest absolute Gasteiger partial charge is 0.495 e. The maximum Gasteiger partial charge on any atom is 0.116 e. The van der Waals surface area contributed by atoms with Crippen molar-refractivity contribution < 1.29 is 18.9 Å². The minimum absolute atomic E-state index is 0.182. The molecule has 3 atom stereocenters. The van der Waals surface area contributed by atoms with Gasteiger partial charge < -0.3 is 18.9 Å². The first-order valence-corrected chi connectivity index (χ1v) is 5.96. The number of hydrogen-bond acceptors (Lipinski definition) is 4. The van der Waals surface area contributed by atoms with E-state index in [1.165, 1.54) is 0 Å². The fourth-order valence-electron chi connectivity index (χ4n) is 1.40. The lowest BCUT2D eigenvalue weighted by molar-refractivity contribution is 0.0625. The highest BCUT2D eigenvalue weighted by Gasteiger charge is 2.29. The molecule has 0 aliphatic carbocycles. The smallest absolute Gasteiger partial charge is 0.116 e. The highest BCUT2D eigenvalue weighted by atomic mass is 16.6. The Hall–Kier alpha value is -0.580. The van der Waals surface area contributed by atoms with E-state index in [0.29, 0.717) is 25.4 Å². The van der Waals surface area contributed by atoms with Crippen molar-refractivity contribution in [3.8, 4) is 0 Å². The average molecular weight is 228 g/mol. The zero-order valence-electron chi connectivity index (χ0n) is 9.98. The lowest BCUT2D eigenvalue weighted by Crippen LogP contribution is -2.15. The van der Waals surface area contributed by atoms with E-state index in [4.69, 9.17) is 18.9 Å². The van der Waals surface area contributed by atoms with E-state index in [2.05, 4.69) is 6.92 Å². The van der Waals surface area contributed by atoms with Crippen molar-refractivity contribution in [1.82, 2.24) is 0 Å². The van der Waals surface area contributed by atoms with Gasteiger partial charge in [0, 0.05) is 6.42 Å². The van der Waals surface area contributed by atoms with Crippen LogP contribution in [0.15, 0.2) is 11.8 Å². The third-order valence-electron chi connectivity index (χ3n) is 2.76. The second-order valence-corrected chi connectivity index (χ2v) is 4.20. The highest BCUT2D eigenvalue weighted by Crippen LogP contribution is 2.17. The minimum Gasteiger partial charge on any atom is -0.495 e. The molecule has 0 radical (unpaired) electrons. The van der Waals surface area contributed by atoms with Crippen LogP contribution < -0.4 is 0 Å². The fraction of sp³-hybridized carbons (Fsp3) is 0.833. The van der Waals surface area contributed by atoms with Crippen molar-refractivity contribution in [2.45, 2.75) is 38.6 Å². The summed E-state index contributed by atoms with van der Waals surface area (Å²) in [7, 11) is 0. The zero-order valence-corrected chi connectivity index (χ0v) is 9.98. The number of epoxide rings is 2. The van der Waals surface area contributed by atoms with E-state index < -0.39 is 0 Å². The van der Waals surface area contributed by atoms with Gasteiger partial charge in [0.05, 0.1) is 31.7 Å². The van der Waals surface area contributed by atoms with Gasteiger partial charge in [-0.3, -0.25) is 0 Å². The first-order chi connectivity index (χ1) is 7.79. The maximum atomic E-state index is 5.61. The molecule has 0 bridgehead atoms. The summed E-state index contributed by atoms with van der Waals surface area (Å²) >= 11 is 0.